The minimum Gasteiger partial charge on any atom is -0.314 e. The highest BCUT2D eigenvalue weighted by Crippen LogP contribution is 2.20. The van der Waals surface area contributed by atoms with Crippen molar-refractivity contribution >= 4 is 45.3 Å². The average Bonchev–Trinajstić information content (AvgIpc) is 2.43. The van der Waals surface area contributed by atoms with Crippen molar-refractivity contribution in [2.75, 3.05) is 5.32 Å². The van der Waals surface area contributed by atoms with Gasteiger partial charge in [0.25, 0.3) is 0 Å². The van der Waals surface area contributed by atoms with Gasteiger partial charge in [0.05, 0.1) is 10.7 Å². The molecule has 0 saturated heterocycles. The smallest absolute Gasteiger partial charge is 0.314 e. The van der Waals surface area contributed by atoms with Gasteiger partial charge in [0.2, 0.25) is 0 Å². The summed E-state index contributed by atoms with van der Waals surface area (Å²) >= 11 is 9.38. The number of hydrogen-bond acceptors (Lipinski definition) is 1. The number of nitrogens with one attached hydrogen (secondary N) is 2. The van der Waals surface area contributed by atoms with Crippen molar-refractivity contribution in [3.63, 3.8) is 0 Å². The molecule has 5 heteroatoms. The Morgan fingerprint density at radius 1 is 1.10 bits per heavy atom. The van der Waals surface area contributed by atoms with E-state index in [9.17, 15) is 4.79 Å². The molecule has 0 saturated carbocycles. The maximum absolute atomic E-state index is 11.7. The fourth-order valence-electron chi connectivity index (χ4n) is 1.54. The van der Waals surface area contributed by atoms with Crippen LogP contribution >= 0.6 is 27.5 Å². The summed E-state index contributed by atoms with van der Waals surface area (Å²) in [6, 6.07) is 14.4. The molecule has 0 aromatic heterocycles. The lowest BCUT2D eigenvalue weighted by atomic mass is 10.2. The first-order valence-corrected chi connectivity index (χ1v) is 7.07. The van der Waals surface area contributed by atoms with E-state index in [4.69, 9.17) is 11.6 Å². The van der Waals surface area contributed by atoms with E-state index >= 15 is 0 Å². The van der Waals surface area contributed by atoms with E-state index in [0.29, 0.717) is 10.7 Å². The molecule has 0 aliphatic carbocycles. The van der Waals surface area contributed by atoms with Crippen molar-refractivity contribution in [2.24, 2.45) is 0 Å². The number of carbonyl (C=O) groups excluding carboxylic acids is 1. The molecule has 3 nitrogen and oxygen atoms in total. The summed E-state index contributed by atoms with van der Waals surface area (Å²) in [5.41, 5.74) is 1.55. The molecule has 102 valence electrons. The molecule has 2 N–H and O–H groups in total. The Bertz CT molecular complexity index is 643. The minimum atomic E-state index is -0.346. The Labute approximate surface area is 130 Å². The zero-order valence-electron chi connectivity index (χ0n) is 10.4. The number of rotatable bonds is 3. The number of benzene rings is 2. The van der Waals surface area contributed by atoms with Gasteiger partial charge in [-0.25, -0.2) is 4.79 Å². The summed E-state index contributed by atoms with van der Waals surface area (Å²) < 4.78 is 0.963. The van der Waals surface area contributed by atoms with Gasteiger partial charge >= 0.3 is 6.03 Å². The molecule has 0 atom stereocenters. The molecule has 0 heterocycles. The molecule has 0 fully saturated rings. The Kier molecular flexibility index (Phi) is 5.21. The van der Waals surface area contributed by atoms with Crippen molar-refractivity contribution in [3.8, 4) is 0 Å². The lowest BCUT2D eigenvalue weighted by Gasteiger charge is -2.06. The lowest BCUT2D eigenvalue weighted by Crippen LogP contribution is -2.23. The predicted molar refractivity (Wildman–Crippen MR) is 86.8 cm³/mol. The summed E-state index contributed by atoms with van der Waals surface area (Å²) in [5.74, 6) is 0. The van der Waals surface area contributed by atoms with E-state index in [-0.39, 0.29) is 6.03 Å². The van der Waals surface area contributed by atoms with Crippen LogP contribution < -0.4 is 10.6 Å². The van der Waals surface area contributed by atoms with Crippen LogP contribution in [-0.4, -0.2) is 6.03 Å². The Hall–Kier alpha value is -1.78. The van der Waals surface area contributed by atoms with Crippen molar-refractivity contribution in [1.82, 2.24) is 5.32 Å². The highest BCUT2D eigenvalue weighted by Gasteiger charge is 2.02. The normalized spacial score (nSPS) is 10.5. The maximum Gasteiger partial charge on any atom is 0.323 e. The highest BCUT2D eigenvalue weighted by molar-refractivity contribution is 9.10. The Balaban J connectivity index is 1.93. The van der Waals surface area contributed by atoms with Crippen LogP contribution in [-0.2, 0) is 0 Å². The number of carbonyl (C=O) groups is 1. The van der Waals surface area contributed by atoms with Crippen molar-refractivity contribution in [2.45, 2.75) is 0 Å². The molecular formula is C15H12BrClN2O. The monoisotopic (exact) mass is 350 g/mol. The van der Waals surface area contributed by atoms with Gasteiger partial charge in [0, 0.05) is 10.7 Å². The molecule has 2 amide bonds. The number of urea groups is 1. The number of para-hydroxylation sites is 1. The second-order valence-corrected chi connectivity index (χ2v) is 5.19. The van der Waals surface area contributed by atoms with Crippen LogP contribution in [0.4, 0.5) is 10.5 Å². The molecule has 0 radical (unpaired) electrons. The van der Waals surface area contributed by atoms with E-state index in [0.717, 1.165) is 10.0 Å². The lowest BCUT2D eigenvalue weighted by molar-refractivity contribution is 0.255. The van der Waals surface area contributed by atoms with Gasteiger partial charge in [-0.2, -0.15) is 0 Å². The molecular weight excluding hydrogens is 340 g/mol. The van der Waals surface area contributed by atoms with E-state index in [1.54, 1.807) is 36.5 Å². The first kappa shape index (κ1) is 14.6. The number of halogens is 2. The topological polar surface area (TPSA) is 41.1 Å². The van der Waals surface area contributed by atoms with Gasteiger partial charge in [-0.3, -0.25) is 0 Å². The Morgan fingerprint density at radius 2 is 1.80 bits per heavy atom. The maximum atomic E-state index is 11.7. The number of anilines is 1. The molecule has 2 rings (SSSR count). The van der Waals surface area contributed by atoms with Gasteiger partial charge in [0.15, 0.2) is 0 Å². The first-order chi connectivity index (χ1) is 9.66. The van der Waals surface area contributed by atoms with Gasteiger partial charge in [-0.15, -0.1) is 0 Å². The van der Waals surface area contributed by atoms with E-state index in [2.05, 4.69) is 26.6 Å². The number of hydrogen-bond donors (Lipinski definition) is 2. The summed E-state index contributed by atoms with van der Waals surface area (Å²) in [4.78, 5) is 11.7. The first-order valence-electron chi connectivity index (χ1n) is 5.90. The molecule has 0 aliphatic rings. The largest absolute Gasteiger partial charge is 0.323 e. The minimum absolute atomic E-state index is 0.346. The predicted octanol–water partition coefficient (Wildman–Crippen LogP) is 4.89. The van der Waals surface area contributed by atoms with Gasteiger partial charge in [-0.1, -0.05) is 57.9 Å². The van der Waals surface area contributed by atoms with Crippen LogP contribution in [0.15, 0.2) is 59.2 Å². The van der Waals surface area contributed by atoms with Crippen molar-refractivity contribution < 1.29 is 4.79 Å². The summed E-state index contributed by atoms with van der Waals surface area (Å²) in [5, 5.41) is 5.79. The summed E-state index contributed by atoms with van der Waals surface area (Å²) in [6.45, 7) is 0. The Morgan fingerprint density at radius 3 is 2.55 bits per heavy atom. The van der Waals surface area contributed by atoms with Gasteiger partial charge < -0.3 is 10.6 Å². The average molecular weight is 352 g/mol. The number of amides is 2. The third-order valence-electron chi connectivity index (χ3n) is 2.50. The molecule has 20 heavy (non-hydrogen) atoms. The van der Waals surface area contributed by atoms with Crippen LogP contribution in [0.25, 0.3) is 6.08 Å². The van der Waals surface area contributed by atoms with Crippen LogP contribution in [0.1, 0.15) is 5.56 Å². The molecule has 2 aromatic carbocycles. The third kappa shape index (κ3) is 4.11. The van der Waals surface area contributed by atoms with Crippen LogP contribution in [0, 0.1) is 0 Å². The molecule has 2 aromatic rings. The molecule has 0 aliphatic heterocycles. The molecule has 0 unspecified atom stereocenters. The second kappa shape index (κ2) is 7.12. The van der Waals surface area contributed by atoms with E-state index < -0.39 is 0 Å². The summed E-state index contributed by atoms with van der Waals surface area (Å²) in [6.07, 6.45) is 3.38. The molecule has 0 spiro atoms. The van der Waals surface area contributed by atoms with E-state index in [1.807, 2.05) is 24.3 Å². The van der Waals surface area contributed by atoms with Crippen molar-refractivity contribution in [3.05, 3.63) is 69.8 Å². The van der Waals surface area contributed by atoms with Crippen LogP contribution in [0.3, 0.4) is 0 Å². The second-order valence-electron chi connectivity index (χ2n) is 3.93. The standard InChI is InChI=1S/C15H12BrClN2O/c16-12-6-2-1-5-11(12)9-10-18-15(20)19-14-8-4-3-7-13(14)17/h1-10H,(H2,18,19,20)/b10-9+. The third-order valence-corrected chi connectivity index (χ3v) is 3.56. The molecule has 0 bridgehead atoms. The highest BCUT2D eigenvalue weighted by atomic mass is 79.9. The van der Waals surface area contributed by atoms with Crippen LogP contribution in [0.5, 0.6) is 0 Å². The van der Waals surface area contributed by atoms with Crippen molar-refractivity contribution in [1.29, 1.82) is 0 Å². The van der Waals surface area contributed by atoms with Gasteiger partial charge in [0.1, 0.15) is 0 Å². The van der Waals surface area contributed by atoms with Gasteiger partial charge in [-0.05, 0) is 29.8 Å². The van der Waals surface area contributed by atoms with E-state index in [1.165, 1.54) is 0 Å². The fraction of sp³-hybridized carbons (Fsp3) is 0. The fourth-order valence-corrected chi connectivity index (χ4v) is 2.14. The zero-order chi connectivity index (χ0) is 14.4. The SMILES string of the molecule is O=C(N/C=C/c1ccccc1Br)Nc1ccccc1Cl. The summed E-state index contributed by atoms with van der Waals surface area (Å²) in [7, 11) is 0. The quantitative estimate of drug-likeness (QED) is 0.811. The zero-order valence-corrected chi connectivity index (χ0v) is 12.8. The van der Waals surface area contributed by atoms with Crippen LogP contribution in [0.2, 0.25) is 5.02 Å².